The lowest BCUT2D eigenvalue weighted by molar-refractivity contribution is 1.17. The van der Waals surface area contributed by atoms with Crippen LogP contribution in [0.3, 0.4) is 0 Å². The van der Waals surface area contributed by atoms with Crippen molar-refractivity contribution in [3.05, 3.63) is 514 Å². The Bertz CT molecular complexity index is 8900. The smallest absolute Gasteiger partial charge is 0.0541 e. The fraction of sp³-hybridized carbons (Fsp3) is 0.0308. The molecule has 648 valence electrons. The number of benzene rings is 21. The van der Waals surface area contributed by atoms with Gasteiger partial charge in [-0.15, -0.1) is 0 Å². The third-order valence-electron chi connectivity index (χ3n) is 27.8. The van der Waals surface area contributed by atoms with E-state index in [2.05, 4.69) is 552 Å². The average molecular weight is 1750 g/mol. The van der Waals surface area contributed by atoms with Crippen molar-refractivity contribution >= 4 is 143 Å². The molecule has 0 saturated carbocycles. The molecule has 0 aliphatic heterocycles. The van der Waals surface area contributed by atoms with E-state index >= 15 is 0 Å². The number of rotatable bonds is 16. The molecule has 26 rings (SSSR count). The number of hydrogen-bond donors (Lipinski definition) is 0. The highest BCUT2D eigenvalue weighted by atomic mass is 15.1. The molecule has 7 nitrogen and oxygen atoms in total. The number of aryl methyl sites for hydroxylation is 4. The molecule has 0 N–H and O–H groups in total. The topological polar surface area (TPSA) is 31.1 Å². The third-order valence-corrected chi connectivity index (χ3v) is 27.8. The summed E-state index contributed by atoms with van der Waals surface area (Å²) >= 11 is 0. The van der Waals surface area contributed by atoms with Gasteiger partial charge in [0.1, 0.15) is 0 Å². The Balaban J connectivity index is 0.000000151. The highest BCUT2D eigenvalue weighted by Crippen LogP contribution is 2.47. The second-order valence-corrected chi connectivity index (χ2v) is 36.3. The molecule has 137 heavy (non-hydrogen) atoms. The van der Waals surface area contributed by atoms with Crippen molar-refractivity contribution in [2.24, 2.45) is 0 Å². The van der Waals surface area contributed by atoms with E-state index in [9.17, 15) is 0 Å². The van der Waals surface area contributed by atoms with Gasteiger partial charge in [0.2, 0.25) is 0 Å². The Morgan fingerprint density at radius 2 is 0.292 bits per heavy atom. The van der Waals surface area contributed by atoms with Gasteiger partial charge in [0, 0.05) is 116 Å². The molecule has 5 heterocycles. The maximum atomic E-state index is 2.39. The van der Waals surface area contributed by atoms with Gasteiger partial charge in [-0.3, -0.25) is 0 Å². The van der Waals surface area contributed by atoms with Gasteiger partial charge in [-0.05, 0) is 320 Å². The van der Waals surface area contributed by atoms with Crippen molar-refractivity contribution in [1.29, 1.82) is 0 Å². The minimum atomic E-state index is 1.08. The van der Waals surface area contributed by atoms with Crippen molar-refractivity contribution in [2.75, 3.05) is 9.80 Å². The van der Waals surface area contributed by atoms with Gasteiger partial charge < -0.3 is 32.6 Å². The van der Waals surface area contributed by atoms with Crippen molar-refractivity contribution in [3.8, 4) is 84.1 Å². The number of aromatic nitrogens is 5. The molecule has 0 radical (unpaired) electrons. The number of hydrogen-bond acceptors (Lipinski definition) is 2. The fourth-order valence-corrected chi connectivity index (χ4v) is 21.1. The molecule has 0 spiro atoms. The molecule has 0 aliphatic rings. The molecule has 0 fully saturated rings. The Hall–Kier alpha value is -17.8. The number of anilines is 6. The van der Waals surface area contributed by atoms with Gasteiger partial charge >= 0.3 is 0 Å². The summed E-state index contributed by atoms with van der Waals surface area (Å²) in [5, 5.41) is 12.5. The van der Waals surface area contributed by atoms with Crippen LogP contribution in [0.5, 0.6) is 0 Å². The lowest BCUT2D eigenvalue weighted by atomic mass is 10.00. The zero-order valence-corrected chi connectivity index (χ0v) is 76.4. The predicted octanol–water partition coefficient (Wildman–Crippen LogP) is 35.4. The Kier molecular flexibility index (Phi) is 20.0. The highest BCUT2D eigenvalue weighted by molar-refractivity contribution is 6.16. The van der Waals surface area contributed by atoms with Crippen molar-refractivity contribution in [2.45, 2.75) is 27.7 Å². The van der Waals surface area contributed by atoms with Crippen LogP contribution in [0.4, 0.5) is 34.1 Å². The lowest BCUT2D eigenvalue weighted by Crippen LogP contribution is -2.09. The minimum absolute atomic E-state index is 1.08. The van der Waals surface area contributed by atoms with Crippen molar-refractivity contribution in [1.82, 2.24) is 22.8 Å². The monoisotopic (exact) mass is 1750 g/mol. The summed E-state index contributed by atoms with van der Waals surface area (Å²) in [6, 6.07) is 180. The molecule has 0 atom stereocenters. The minimum Gasteiger partial charge on any atom is -0.311 e. The van der Waals surface area contributed by atoms with E-state index in [1.807, 2.05) is 0 Å². The van der Waals surface area contributed by atoms with E-state index in [1.54, 1.807) is 0 Å². The van der Waals surface area contributed by atoms with Crippen LogP contribution in [0.1, 0.15) is 22.3 Å². The zero-order valence-electron chi connectivity index (χ0n) is 76.4. The van der Waals surface area contributed by atoms with Gasteiger partial charge in [0.25, 0.3) is 0 Å². The number of fused-ring (bicyclic) bond motifs is 15. The first-order chi connectivity index (χ1) is 67.6. The third kappa shape index (κ3) is 14.5. The maximum Gasteiger partial charge on any atom is 0.0541 e. The molecule has 0 bridgehead atoms. The van der Waals surface area contributed by atoms with E-state index < -0.39 is 0 Å². The molecule has 0 saturated heterocycles. The molecule has 21 aromatic carbocycles. The van der Waals surface area contributed by atoms with E-state index in [4.69, 9.17) is 0 Å². The van der Waals surface area contributed by atoms with Crippen LogP contribution < -0.4 is 9.80 Å². The summed E-state index contributed by atoms with van der Waals surface area (Å²) in [5.74, 6) is 0. The van der Waals surface area contributed by atoms with Crippen molar-refractivity contribution in [3.63, 3.8) is 0 Å². The first-order valence-electron chi connectivity index (χ1n) is 47.2. The first kappa shape index (κ1) is 81.2. The predicted molar refractivity (Wildman–Crippen MR) is 580 cm³/mol. The fourth-order valence-electron chi connectivity index (χ4n) is 21.1. The molecular weight excluding hydrogens is 1660 g/mol. The Morgan fingerprint density at radius 3 is 0.540 bits per heavy atom. The van der Waals surface area contributed by atoms with Gasteiger partial charge in [0.05, 0.1) is 55.2 Å². The second kappa shape index (κ2) is 33.8. The summed E-state index contributed by atoms with van der Waals surface area (Å²) < 4.78 is 11.9. The summed E-state index contributed by atoms with van der Waals surface area (Å²) in [6.45, 7) is 8.64. The SMILES string of the molecule is Cc1ccc(N(c2ccc(-c3ccc4c(c3)c3ccccc3n4-c3ccccc3)cc2)c2ccc(-c3ccc4c(c3)c3ccccc3n4-c3ccc(C)cc3)cc2)cc1.Cc1ccc2c(c1)c1cc(-c3ccc(N(c4ccc(-c5ccc6c(c5)c5ccccc5n6-c5ccccc5)cc4)c4ccc(-c5ccc6c(c5)c5cc(C)ccc5n6-c5ccccc5)cc4)cc3)ccc1n2-c1ccccc1. The van der Waals surface area contributed by atoms with Crippen LogP contribution in [0.2, 0.25) is 0 Å². The standard InChI is InChI=1S/C74H52N4.C56H41N3/c1-49-22-39-70-64(44-49)67-47-55(31-42-73(67)77(70)58-16-8-4-9-17-58)52-26-35-61(36-27-52)75(60-33-24-51(25-34-60)54-30-41-72-66(46-54)63-20-12-13-21-69(63)76(72)57-14-6-3-7-15-57)62-37-28-53(29-38-62)56-32-43-74-68(48-56)65-45-50(2)23-40-71(65)78(74)59-18-10-5-11-19-59;1-38-16-26-45(27-17-38)57(46-30-20-40(21-31-46)42-24-34-55-51(36-42)49-12-6-8-14-53(49)58(55)44-10-4-3-5-11-44)47-32-22-41(23-33-47)43-25-35-56-52(37-43)50-13-7-9-15-54(50)59(56)48-28-18-39(2)19-29-48/h3-48H,1-2H3;3-37H,1-2H3. The molecule has 5 aromatic heterocycles. The summed E-state index contributed by atoms with van der Waals surface area (Å²) in [4.78, 5) is 4.73. The normalized spacial score (nSPS) is 11.6. The van der Waals surface area contributed by atoms with Crippen LogP contribution in [0, 0.1) is 27.7 Å². The lowest BCUT2D eigenvalue weighted by Gasteiger charge is -2.26. The Labute approximate surface area is 795 Å². The molecular formula is C130H93N7. The summed E-state index contributed by atoms with van der Waals surface area (Å²) in [7, 11) is 0. The van der Waals surface area contributed by atoms with E-state index in [1.165, 1.54) is 198 Å². The highest BCUT2D eigenvalue weighted by Gasteiger charge is 2.24. The molecule has 0 amide bonds. The number of nitrogens with zero attached hydrogens (tertiary/aromatic N) is 7. The van der Waals surface area contributed by atoms with E-state index in [0.29, 0.717) is 0 Å². The first-order valence-corrected chi connectivity index (χ1v) is 47.2. The van der Waals surface area contributed by atoms with Crippen LogP contribution in [0.25, 0.3) is 193 Å². The van der Waals surface area contributed by atoms with Crippen LogP contribution >= 0.6 is 0 Å². The van der Waals surface area contributed by atoms with Gasteiger partial charge in [-0.1, -0.05) is 277 Å². The Morgan fingerprint density at radius 1 is 0.124 bits per heavy atom. The van der Waals surface area contributed by atoms with Gasteiger partial charge in [0.15, 0.2) is 0 Å². The molecule has 0 aliphatic carbocycles. The van der Waals surface area contributed by atoms with Crippen molar-refractivity contribution < 1.29 is 0 Å². The van der Waals surface area contributed by atoms with Gasteiger partial charge in [-0.25, -0.2) is 0 Å². The molecule has 26 aromatic rings. The quantitative estimate of drug-likeness (QED) is 0.0965. The van der Waals surface area contributed by atoms with Crippen LogP contribution in [0.15, 0.2) is 491 Å². The average Bonchev–Trinajstić information content (AvgIpc) is 1.63. The largest absolute Gasteiger partial charge is 0.311 e. The summed E-state index contributed by atoms with van der Waals surface area (Å²) in [6.07, 6.45) is 0. The summed E-state index contributed by atoms with van der Waals surface area (Å²) in [5.41, 5.74) is 41.3. The van der Waals surface area contributed by atoms with E-state index in [-0.39, 0.29) is 0 Å². The van der Waals surface area contributed by atoms with Crippen LogP contribution in [-0.2, 0) is 0 Å². The number of para-hydroxylation sites is 7. The second-order valence-electron chi connectivity index (χ2n) is 36.3. The van der Waals surface area contributed by atoms with E-state index in [0.717, 1.165) is 51.2 Å². The molecule has 0 unspecified atom stereocenters. The van der Waals surface area contributed by atoms with Crippen LogP contribution in [-0.4, -0.2) is 22.8 Å². The molecule has 7 heteroatoms. The van der Waals surface area contributed by atoms with Gasteiger partial charge in [-0.2, -0.15) is 0 Å². The zero-order chi connectivity index (χ0) is 91.3. The maximum absolute atomic E-state index is 2.39.